The fourth-order valence-corrected chi connectivity index (χ4v) is 4.20. The minimum Gasteiger partial charge on any atom is -0.453 e. The topological polar surface area (TPSA) is 103 Å². The first-order valence-corrected chi connectivity index (χ1v) is 12.3. The normalized spacial score (nSPS) is 13.4. The van der Waals surface area contributed by atoms with Crippen LogP contribution >= 0.6 is 0 Å². The van der Waals surface area contributed by atoms with Gasteiger partial charge in [-0.3, -0.25) is 14.9 Å². The van der Waals surface area contributed by atoms with Gasteiger partial charge in [-0.1, -0.05) is 12.1 Å². The number of carbonyl (C=O) groups excluding carboxylic acids is 3. The number of hydrogen-bond acceptors (Lipinski definition) is 6. The third-order valence-electron chi connectivity index (χ3n) is 6.18. The van der Waals surface area contributed by atoms with Crippen LogP contribution in [0.15, 0.2) is 66.7 Å². The number of halogens is 1. The largest absolute Gasteiger partial charge is 0.453 e. The summed E-state index contributed by atoms with van der Waals surface area (Å²) in [6.07, 6.45) is -0.601. The second-order valence-corrected chi connectivity index (χ2v) is 9.23. The molecular formula is C29H30FN5O4. The predicted molar refractivity (Wildman–Crippen MR) is 151 cm³/mol. The highest BCUT2D eigenvalue weighted by molar-refractivity contribution is 6.37. The van der Waals surface area contributed by atoms with Crippen LogP contribution < -0.4 is 20.9 Å². The van der Waals surface area contributed by atoms with Crippen LogP contribution in [-0.2, 0) is 14.3 Å². The van der Waals surface area contributed by atoms with Gasteiger partial charge in [-0.05, 0) is 74.3 Å². The number of methoxy groups -OCH3 is 1. The van der Waals surface area contributed by atoms with Crippen LogP contribution in [-0.4, -0.2) is 57.1 Å². The molecular weight excluding hydrogens is 501 g/mol. The molecule has 0 spiro atoms. The zero-order chi connectivity index (χ0) is 28.1. The minimum atomic E-state index is -0.601. The van der Waals surface area contributed by atoms with E-state index < -0.39 is 11.9 Å². The van der Waals surface area contributed by atoms with Crippen LogP contribution in [0.25, 0.3) is 11.3 Å². The molecule has 9 nitrogen and oxygen atoms in total. The van der Waals surface area contributed by atoms with Gasteiger partial charge >= 0.3 is 6.09 Å². The lowest BCUT2D eigenvalue weighted by atomic mass is 9.99. The number of anilines is 4. The van der Waals surface area contributed by atoms with Crippen molar-refractivity contribution in [1.82, 2.24) is 4.90 Å². The highest BCUT2D eigenvalue weighted by Gasteiger charge is 2.29. The van der Waals surface area contributed by atoms with E-state index >= 15 is 0 Å². The number of likely N-dealkylation sites (N-methyl/N-ethyl adjacent to an activating group) is 1. The van der Waals surface area contributed by atoms with Crippen molar-refractivity contribution in [2.45, 2.75) is 6.92 Å². The van der Waals surface area contributed by atoms with Gasteiger partial charge in [0.2, 0.25) is 5.91 Å². The second-order valence-electron chi connectivity index (χ2n) is 9.23. The molecule has 0 atom stereocenters. The highest BCUT2D eigenvalue weighted by Crippen LogP contribution is 2.38. The molecule has 202 valence electrons. The number of fused-ring (bicyclic) bond motifs is 1. The molecule has 4 rings (SSSR count). The molecule has 3 aromatic rings. The number of amides is 3. The van der Waals surface area contributed by atoms with Crippen LogP contribution in [0.1, 0.15) is 18.1 Å². The molecule has 0 bridgehead atoms. The summed E-state index contributed by atoms with van der Waals surface area (Å²) in [5, 5.41) is 8.67. The van der Waals surface area contributed by atoms with Crippen molar-refractivity contribution in [3.63, 3.8) is 0 Å². The average molecular weight is 532 g/mol. The van der Waals surface area contributed by atoms with E-state index in [0.717, 1.165) is 5.69 Å². The Morgan fingerprint density at radius 1 is 0.923 bits per heavy atom. The molecule has 3 amide bonds. The van der Waals surface area contributed by atoms with Gasteiger partial charge < -0.3 is 25.2 Å². The first-order valence-electron chi connectivity index (χ1n) is 12.3. The first kappa shape index (κ1) is 27.3. The fourth-order valence-electron chi connectivity index (χ4n) is 4.20. The third-order valence-corrected chi connectivity index (χ3v) is 6.18. The van der Waals surface area contributed by atoms with E-state index in [2.05, 4.69) is 20.7 Å². The maximum Gasteiger partial charge on any atom is 0.411 e. The molecule has 1 aliphatic rings. The lowest BCUT2D eigenvalue weighted by Gasteiger charge is -2.23. The molecule has 1 heterocycles. The monoisotopic (exact) mass is 531 g/mol. The average Bonchev–Trinajstić information content (AvgIpc) is 3.22. The quantitative estimate of drug-likeness (QED) is 0.359. The highest BCUT2D eigenvalue weighted by atomic mass is 19.1. The molecule has 0 fully saturated rings. The van der Waals surface area contributed by atoms with Crippen molar-refractivity contribution in [2.24, 2.45) is 0 Å². The van der Waals surface area contributed by atoms with E-state index in [4.69, 9.17) is 0 Å². The Balaban J connectivity index is 1.72. The van der Waals surface area contributed by atoms with Crippen molar-refractivity contribution in [1.29, 1.82) is 0 Å². The zero-order valence-corrected chi connectivity index (χ0v) is 22.2. The Labute approximate surface area is 226 Å². The Morgan fingerprint density at radius 3 is 2.18 bits per heavy atom. The van der Waals surface area contributed by atoms with E-state index in [9.17, 15) is 18.8 Å². The van der Waals surface area contributed by atoms with Crippen LogP contribution in [0.5, 0.6) is 0 Å². The lowest BCUT2D eigenvalue weighted by molar-refractivity contribution is -0.116. The molecule has 39 heavy (non-hydrogen) atoms. The van der Waals surface area contributed by atoms with Crippen LogP contribution in [0.2, 0.25) is 0 Å². The van der Waals surface area contributed by atoms with E-state index in [1.54, 1.807) is 35.2 Å². The van der Waals surface area contributed by atoms with Gasteiger partial charge in [0.1, 0.15) is 5.82 Å². The van der Waals surface area contributed by atoms with E-state index in [0.29, 0.717) is 52.5 Å². The SMILES string of the molecule is COC(=O)Nc1ccc(C(Nc2ccc(N(CCN(C)C)C(C)=O)cc2)=C2C(=O)Nc3cc(F)ccc32)cc1. The van der Waals surface area contributed by atoms with Crippen molar-refractivity contribution in [3.05, 3.63) is 83.7 Å². The van der Waals surface area contributed by atoms with Gasteiger partial charge in [-0.2, -0.15) is 0 Å². The van der Waals surface area contributed by atoms with Crippen LogP contribution in [0.4, 0.5) is 31.9 Å². The van der Waals surface area contributed by atoms with Crippen molar-refractivity contribution in [2.75, 3.05) is 55.1 Å². The Bertz CT molecular complexity index is 1420. The summed E-state index contributed by atoms with van der Waals surface area (Å²) in [6, 6.07) is 18.3. The summed E-state index contributed by atoms with van der Waals surface area (Å²) >= 11 is 0. The molecule has 0 aromatic heterocycles. The summed E-state index contributed by atoms with van der Waals surface area (Å²) in [5.41, 5.74) is 4.38. The Kier molecular flexibility index (Phi) is 8.26. The van der Waals surface area contributed by atoms with Crippen molar-refractivity contribution in [3.8, 4) is 0 Å². The van der Waals surface area contributed by atoms with Crippen LogP contribution in [0.3, 0.4) is 0 Å². The van der Waals surface area contributed by atoms with Gasteiger partial charge in [-0.15, -0.1) is 0 Å². The Morgan fingerprint density at radius 2 is 1.56 bits per heavy atom. The standard InChI is InChI=1S/C29H30FN5O4/c1-18(36)35(16-15-34(2)3)23-12-10-21(11-13-23)31-27(19-5-8-22(9-6-19)32-29(38)39-4)26-24-14-7-20(30)17-25(24)33-28(26)37/h5-14,17,31H,15-16H2,1-4H3,(H,32,38)(H,33,37). The molecule has 0 aliphatic carbocycles. The number of nitrogens with zero attached hydrogens (tertiary/aromatic N) is 2. The number of benzene rings is 3. The maximum absolute atomic E-state index is 13.9. The summed E-state index contributed by atoms with van der Waals surface area (Å²) in [5.74, 6) is -0.895. The molecule has 0 unspecified atom stereocenters. The number of ether oxygens (including phenoxy) is 1. The summed E-state index contributed by atoms with van der Waals surface area (Å²) in [7, 11) is 5.17. The predicted octanol–water partition coefficient (Wildman–Crippen LogP) is 4.85. The maximum atomic E-state index is 13.9. The summed E-state index contributed by atoms with van der Waals surface area (Å²) in [6.45, 7) is 2.79. The first-order chi connectivity index (χ1) is 18.7. The minimum absolute atomic E-state index is 0.0625. The zero-order valence-electron chi connectivity index (χ0n) is 22.2. The fraction of sp³-hybridized carbons (Fsp3) is 0.207. The van der Waals surface area contributed by atoms with Crippen LogP contribution in [0, 0.1) is 5.82 Å². The summed E-state index contributed by atoms with van der Waals surface area (Å²) in [4.78, 5) is 40.6. The molecule has 3 aromatic carbocycles. The number of rotatable bonds is 8. The van der Waals surface area contributed by atoms with Gasteiger partial charge in [-0.25, -0.2) is 9.18 Å². The molecule has 0 radical (unpaired) electrons. The number of hydrogen-bond donors (Lipinski definition) is 3. The summed E-state index contributed by atoms with van der Waals surface area (Å²) < 4.78 is 18.5. The molecule has 0 saturated heterocycles. The molecule has 1 aliphatic heterocycles. The van der Waals surface area contributed by atoms with Gasteiger partial charge in [0.25, 0.3) is 5.91 Å². The molecule has 0 saturated carbocycles. The van der Waals surface area contributed by atoms with Gasteiger partial charge in [0.05, 0.1) is 24.1 Å². The van der Waals surface area contributed by atoms with E-state index in [-0.39, 0.29) is 11.8 Å². The third kappa shape index (κ3) is 6.42. The lowest BCUT2D eigenvalue weighted by Crippen LogP contribution is -2.35. The number of carbonyl (C=O) groups is 3. The van der Waals surface area contributed by atoms with Gasteiger partial charge in [0, 0.05) is 42.6 Å². The molecule has 10 heteroatoms. The Hall–Kier alpha value is -4.70. The van der Waals surface area contributed by atoms with Crippen molar-refractivity contribution >= 4 is 51.9 Å². The second kappa shape index (κ2) is 11.8. The van der Waals surface area contributed by atoms with Crippen molar-refractivity contribution < 1.29 is 23.5 Å². The van der Waals surface area contributed by atoms with Gasteiger partial charge in [0.15, 0.2) is 0 Å². The number of nitrogens with one attached hydrogen (secondary N) is 3. The molecule has 3 N–H and O–H groups in total. The van der Waals surface area contributed by atoms with E-state index in [1.807, 2.05) is 43.3 Å². The smallest absolute Gasteiger partial charge is 0.411 e. The van der Waals surface area contributed by atoms with E-state index in [1.165, 1.54) is 26.2 Å².